The van der Waals surface area contributed by atoms with Gasteiger partial charge in [-0.1, -0.05) is 12.1 Å². The van der Waals surface area contributed by atoms with Crippen LogP contribution in [-0.4, -0.2) is 71.9 Å². The Labute approximate surface area is 278 Å². The Morgan fingerprint density at radius 1 is 0.878 bits per heavy atom. The minimum absolute atomic E-state index is 0.0157. The van der Waals surface area contributed by atoms with Gasteiger partial charge in [-0.3, -0.25) is 23.4 Å². The van der Waals surface area contributed by atoms with Gasteiger partial charge in [-0.2, -0.15) is 4.39 Å². The van der Waals surface area contributed by atoms with Crippen LogP contribution in [0.25, 0.3) is 22.4 Å². The number of rotatable bonds is 6. The third-order valence-electron chi connectivity index (χ3n) is 10.3. The van der Waals surface area contributed by atoms with E-state index in [0.29, 0.717) is 48.5 Å². The van der Waals surface area contributed by atoms with Crippen molar-refractivity contribution in [1.29, 1.82) is 0 Å². The fraction of sp³-hybridized carbons (Fsp3) is 0.371. The summed E-state index contributed by atoms with van der Waals surface area (Å²) in [6, 6.07) is 11.7. The van der Waals surface area contributed by atoms with Crippen LogP contribution in [0.5, 0.6) is 0 Å². The maximum Gasteiger partial charge on any atom is 0.337 e. The number of carbonyl (C=O) groups excluding carboxylic acids is 2. The monoisotopic (exact) mass is 668 g/mol. The fourth-order valence-corrected chi connectivity index (χ4v) is 7.75. The molecule has 1 saturated carbocycles. The molecule has 4 aliphatic rings. The number of benzene rings is 1. The predicted octanol–water partition coefficient (Wildman–Crippen LogP) is 3.21. The van der Waals surface area contributed by atoms with Crippen molar-refractivity contribution in [3.63, 3.8) is 0 Å². The van der Waals surface area contributed by atoms with Crippen molar-refractivity contribution >= 4 is 28.5 Å². The number of nitrogens with zero attached hydrogens (tertiary/aromatic N) is 6. The van der Waals surface area contributed by atoms with E-state index in [9.17, 15) is 28.0 Å². The molecule has 5 aromatic rings. The first-order chi connectivity index (χ1) is 23.7. The van der Waals surface area contributed by atoms with Crippen LogP contribution in [0.3, 0.4) is 0 Å². The van der Waals surface area contributed by atoms with Crippen LogP contribution in [0.2, 0.25) is 0 Å². The van der Waals surface area contributed by atoms with Crippen LogP contribution in [0, 0.1) is 17.7 Å². The highest BCUT2D eigenvalue weighted by molar-refractivity contribution is 5.95. The number of piperidine rings is 3. The number of nitrogens with one attached hydrogen (secondary N) is 2. The number of carbonyl (C=O) groups is 2. The molecule has 1 unspecified atom stereocenters. The number of pyridine rings is 2. The van der Waals surface area contributed by atoms with Crippen molar-refractivity contribution in [2.45, 2.75) is 56.7 Å². The molecule has 2 bridgehead atoms. The van der Waals surface area contributed by atoms with E-state index in [1.54, 1.807) is 42.5 Å². The normalized spacial score (nSPS) is 23.5. The SMILES string of the molecule is O=C(NC1CN2CCC1CC2)c1cccc(-n2c(=O)n(C3CCC(NC(=O)c4nc5ccccn5c4F)CC3)c(=O)c3cc(F)cnc32)c1. The summed E-state index contributed by atoms with van der Waals surface area (Å²) in [5, 5.41) is 5.94. The topological polar surface area (TPSA) is 136 Å². The summed E-state index contributed by atoms with van der Waals surface area (Å²) in [5.74, 6) is -1.95. The first kappa shape index (κ1) is 31.1. The maximum atomic E-state index is 14.9. The molecule has 9 rings (SSSR count). The molecule has 3 aliphatic heterocycles. The molecule has 7 heterocycles. The number of imidazole rings is 1. The quantitative estimate of drug-likeness (QED) is 0.284. The Balaban J connectivity index is 1.06. The molecule has 252 valence electrons. The third-order valence-corrected chi connectivity index (χ3v) is 10.3. The summed E-state index contributed by atoms with van der Waals surface area (Å²) in [6.45, 7) is 2.90. The number of hydrogen-bond acceptors (Lipinski definition) is 7. The molecular formula is C35H34F2N8O4. The molecule has 1 aromatic carbocycles. The minimum atomic E-state index is -0.758. The van der Waals surface area contributed by atoms with Crippen LogP contribution >= 0.6 is 0 Å². The van der Waals surface area contributed by atoms with E-state index < -0.39 is 35.0 Å². The highest BCUT2D eigenvalue weighted by Crippen LogP contribution is 2.29. The van der Waals surface area contributed by atoms with E-state index >= 15 is 0 Å². The van der Waals surface area contributed by atoms with E-state index in [4.69, 9.17) is 0 Å². The molecular weight excluding hydrogens is 634 g/mol. The summed E-state index contributed by atoms with van der Waals surface area (Å²) < 4.78 is 32.9. The van der Waals surface area contributed by atoms with Crippen LogP contribution < -0.4 is 21.9 Å². The number of hydrogen-bond donors (Lipinski definition) is 2. The highest BCUT2D eigenvalue weighted by atomic mass is 19.1. The van der Waals surface area contributed by atoms with Crippen molar-refractivity contribution in [1.82, 2.24) is 39.0 Å². The average molecular weight is 669 g/mol. The number of amides is 2. The van der Waals surface area contributed by atoms with E-state index in [-0.39, 0.29) is 34.7 Å². The smallest absolute Gasteiger partial charge is 0.337 e. The molecule has 2 N–H and O–H groups in total. The second-order valence-electron chi connectivity index (χ2n) is 13.2. The summed E-state index contributed by atoms with van der Waals surface area (Å²) in [7, 11) is 0. The van der Waals surface area contributed by atoms with E-state index in [0.717, 1.165) is 49.3 Å². The zero-order chi connectivity index (χ0) is 33.8. The van der Waals surface area contributed by atoms with Crippen LogP contribution in [0.15, 0.2) is 70.5 Å². The second-order valence-corrected chi connectivity index (χ2v) is 13.2. The number of aromatic nitrogens is 5. The highest BCUT2D eigenvalue weighted by Gasteiger charge is 2.35. The van der Waals surface area contributed by atoms with Crippen LogP contribution in [0.1, 0.15) is 65.4 Å². The minimum Gasteiger partial charge on any atom is -0.348 e. The van der Waals surface area contributed by atoms with Crippen LogP contribution in [-0.2, 0) is 0 Å². The molecule has 49 heavy (non-hydrogen) atoms. The lowest BCUT2D eigenvalue weighted by Gasteiger charge is -2.44. The van der Waals surface area contributed by atoms with Crippen molar-refractivity contribution in [3.8, 4) is 5.69 Å². The average Bonchev–Trinajstić information content (AvgIpc) is 3.46. The third kappa shape index (κ3) is 5.59. The fourth-order valence-electron chi connectivity index (χ4n) is 7.75. The lowest BCUT2D eigenvalue weighted by atomic mass is 9.84. The van der Waals surface area contributed by atoms with Gasteiger partial charge in [-0.15, -0.1) is 0 Å². The van der Waals surface area contributed by atoms with Crippen molar-refractivity contribution in [2.75, 3.05) is 19.6 Å². The molecule has 4 fully saturated rings. The molecule has 0 radical (unpaired) electrons. The summed E-state index contributed by atoms with van der Waals surface area (Å²) in [5.41, 5.74) is -0.669. The molecule has 3 saturated heterocycles. The van der Waals surface area contributed by atoms with Gasteiger partial charge in [-0.05, 0) is 93.9 Å². The van der Waals surface area contributed by atoms with Crippen molar-refractivity contribution in [2.24, 2.45) is 5.92 Å². The van der Waals surface area contributed by atoms with Gasteiger partial charge in [0.2, 0.25) is 5.95 Å². The Morgan fingerprint density at radius 2 is 1.67 bits per heavy atom. The molecule has 4 aromatic heterocycles. The van der Waals surface area contributed by atoms with Gasteiger partial charge < -0.3 is 15.5 Å². The maximum absolute atomic E-state index is 14.9. The molecule has 0 spiro atoms. The molecule has 1 atom stereocenters. The van der Waals surface area contributed by atoms with E-state index in [1.165, 1.54) is 15.2 Å². The summed E-state index contributed by atoms with van der Waals surface area (Å²) in [6.07, 6.45) is 6.05. The second kappa shape index (κ2) is 12.3. The Hall–Kier alpha value is -5.24. The largest absolute Gasteiger partial charge is 0.348 e. The van der Waals surface area contributed by atoms with Crippen LogP contribution in [0.4, 0.5) is 8.78 Å². The van der Waals surface area contributed by atoms with Gasteiger partial charge in [0.05, 0.1) is 17.3 Å². The van der Waals surface area contributed by atoms with Crippen molar-refractivity contribution < 1.29 is 18.4 Å². The Bertz CT molecular complexity index is 2230. The molecule has 2 amide bonds. The van der Waals surface area contributed by atoms with Gasteiger partial charge in [0.15, 0.2) is 11.3 Å². The predicted molar refractivity (Wildman–Crippen MR) is 176 cm³/mol. The Morgan fingerprint density at radius 3 is 2.41 bits per heavy atom. The molecule has 12 nitrogen and oxygen atoms in total. The first-order valence-electron chi connectivity index (χ1n) is 16.6. The zero-order valence-electron chi connectivity index (χ0n) is 26.5. The number of halogens is 2. The standard InChI is InChI=1S/C35H34F2N8O4/c36-22-17-26-31(38-18-22)44(25-5-3-4-21(16-25)32(46)40-27-19-42-14-11-20(27)12-15-42)35(49)45(34(26)48)24-9-7-23(8-10-24)39-33(47)29-30(37)43-13-2-1-6-28(43)41-29/h1-6,13,16-18,20,23-24,27H,7-12,14-15,19H2,(H,39,47)(H,40,46). The Kier molecular flexibility index (Phi) is 7.82. The summed E-state index contributed by atoms with van der Waals surface area (Å²) in [4.78, 5) is 64.9. The lowest BCUT2D eigenvalue weighted by molar-refractivity contribution is 0.0620. The van der Waals surface area contributed by atoms with Gasteiger partial charge in [0, 0.05) is 36.4 Å². The first-order valence-corrected chi connectivity index (χ1v) is 16.6. The van der Waals surface area contributed by atoms with E-state index in [2.05, 4.69) is 25.5 Å². The lowest BCUT2D eigenvalue weighted by Crippen LogP contribution is -2.57. The molecule has 1 aliphatic carbocycles. The van der Waals surface area contributed by atoms with Crippen molar-refractivity contribution in [3.05, 3.63) is 105 Å². The van der Waals surface area contributed by atoms with Gasteiger partial charge in [-0.25, -0.2) is 23.7 Å². The zero-order valence-corrected chi connectivity index (χ0v) is 26.5. The summed E-state index contributed by atoms with van der Waals surface area (Å²) >= 11 is 0. The van der Waals surface area contributed by atoms with Gasteiger partial charge >= 0.3 is 5.69 Å². The van der Waals surface area contributed by atoms with E-state index in [1.807, 2.05) is 0 Å². The van der Waals surface area contributed by atoms with Gasteiger partial charge in [0.1, 0.15) is 11.5 Å². The molecule has 14 heteroatoms. The van der Waals surface area contributed by atoms with Gasteiger partial charge in [0.25, 0.3) is 17.4 Å². The number of fused-ring (bicyclic) bond motifs is 5.